The van der Waals surface area contributed by atoms with Crippen LogP contribution in [0, 0.1) is 5.92 Å². The first-order chi connectivity index (χ1) is 5.57. The topological polar surface area (TPSA) is 83.8 Å². The standard InChI is InChI=1S/C7H12O5.3CH4/c1-12-3-2-5(7(10)11)4-6(8)9;;;/h5H,2-4H2,1H3,(H,8,9)(H,10,11);3*1H4. The molecule has 5 nitrogen and oxygen atoms in total. The van der Waals surface area contributed by atoms with Crippen LogP contribution in [0.25, 0.3) is 0 Å². The summed E-state index contributed by atoms with van der Waals surface area (Å²) in [6, 6.07) is 0. The highest BCUT2D eigenvalue weighted by Crippen LogP contribution is 2.08. The molecule has 0 fully saturated rings. The number of carbonyl (C=O) groups is 2. The molecular formula is C10H24O5. The third-order valence-electron chi connectivity index (χ3n) is 1.44. The monoisotopic (exact) mass is 224 g/mol. The third-order valence-corrected chi connectivity index (χ3v) is 1.44. The zero-order valence-electron chi connectivity index (χ0n) is 6.82. The van der Waals surface area contributed by atoms with Gasteiger partial charge in [0.1, 0.15) is 0 Å². The molecule has 0 radical (unpaired) electrons. The Kier molecular flexibility index (Phi) is 20.3. The van der Waals surface area contributed by atoms with Gasteiger partial charge < -0.3 is 14.9 Å². The summed E-state index contributed by atoms with van der Waals surface area (Å²) in [7, 11) is 1.44. The fraction of sp³-hybridized carbons (Fsp3) is 0.800. The van der Waals surface area contributed by atoms with Gasteiger partial charge in [0.25, 0.3) is 0 Å². The lowest BCUT2D eigenvalue weighted by Gasteiger charge is -2.07. The maximum Gasteiger partial charge on any atom is 0.307 e. The van der Waals surface area contributed by atoms with E-state index in [4.69, 9.17) is 10.2 Å². The number of rotatable bonds is 6. The Morgan fingerprint density at radius 3 is 1.93 bits per heavy atom. The second-order valence-corrected chi connectivity index (χ2v) is 2.41. The number of hydrogen-bond acceptors (Lipinski definition) is 3. The van der Waals surface area contributed by atoms with Crippen molar-refractivity contribution in [2.45, 2.75) is 35.1 Å². The predicted octanol–water partition coefficient (Wildman–Crippen LogP) is 2.11. The van der Waals surface area contributed by atoms with E-state index in [1.165, 1.54) is 7.11 Å². The first kappa shape index (κ1) is 23.6. The Hall–Kier alpha value is -1.10. The maximum atomic E-state index is 10.4. The Balaban J connectivity index is -0.000000202. The number of hydrogen-bond donors (Lipinski definition) is 2. The van der Waals surface area contributed by atoms with Crippen LogP contribution in [0.5, 0.6) is 0 Å². The maximum absolute atomic E-state index is 10.4. The van der Waals surface area contributed by atoms with Gasteiger partial charge in [-0.15, -0.1) is 0 Å². The molecule has 2 N–H and O–H groups in total. The summed E-state index contributed by atoms with van der Waals surface area (Å²) >= 11 is 0. The second-order valence-electron chi connectivity index (χ2n) is 2.41. The van der Waals surface area contributed by atoms with Gasteiger partial charge in [0.15, 0.2) is 0 Å². The summed E-state index contributed by atoms with van der Waals surface area (Å²) in [6.07, 6.45) is -0.114. The van der Waals surface area contributed by atoms with Crippen LogP contribution in [0.2, 0.25) is 0 Å². The summed E-state index contributed by atoms with van der Waals surface area (Å²) in [6.45, 7) is 0.268. The van der Waals surface area contributed by atoms with Gasteiger partial charge in [-0.25, -0.2) is 0 Å². The summed E-state index contributed by atoms with van der Waals surface area (Å²) in [5.74, 6) is -3.03. The molecule has 94 valence electrons. The van der Waals surface area contributed by atoms with E-state index in [2.05, 4.69) is 4.74 Å². The smallest absolute Gasteiger partial charge is 0.307 e. The van der Waals surface area contributed by atoms with Gasteiger partial charge in [0.2, 0.25) is 0 Å². The summed E-state index contributed by atoms with van der Waals surface area (Å²) in [5, 5.41) is 16.9. The Morgan fingerprint density at radius 1 is 1.20 bits per heavy atom. The first-order valence-corrected chi connectivity index (χ1v) is 3.51. The first-order valence-electron chi connectivity index (χ1n) is 3.51. The van der Waals surface area contributed by atoms with Crippen molar-refractivity contribution < 1.29 is 24.5 Å². The van der Waals surface area contributed by atoms with Crippen molar-refractivity contribution in [3.05, 3.63) is 0 Å². The van der Waals surface area contributed by atoms with Gasteiger partial charge in [-0.1, -0.05) is 22.3 Å². The minimum Gasteiger partial charge on any atom is -0.481 e. The highest BCUT2D eigenvalue weighted by Gasteiger charge is 2.20. The molecule has 0 aromatic heterocycles. The fourth-order valence-corrected chi connectivity index (χ4v) is 0.784. The van der Waals surface area contributed by atoms with E-state index in [1.54, 1.807) is 0 Å². The molecule has 0 saturated carbocycles. The quantitative estimate of drug-likeness (QED) is 0.721. The molecule has 0 aliphatic rings. The van der Waals surface area contributed by atoms with E-state index < -0.39 is 17.9 Å². The van der Waals surface area contributed by atoms with Crippen LogP contribution in [-0.2, 0) is 14.3 Å². The highest BCUT2D eigenvalue weighted by molar-refractivity contribution is 5.77. The summed E-state index contributed by atoms with van der Waals surface area (Å²) in [5.41, 5.74) is 0. The molecule has 0 aliphatic heterocycles. The molecule has 0 bridgehead atoms. The molecular weight excluding hydrogens is 200 g/mol. The zero-order valence-corrected chi connectivity index (χ0v) is 6.82. The molecule has 0 saturated heterocycles. The van der Waals surface area contributed by atoms with E-state index in [0.717, 1.165) is 0 Å². The van der Waals surface area contributed by atoms with Crippen LogP contribution in [-0.4, -0.2) is 35.9 Å². The lowest BCUT2D eigenvalue weighted by atomic mass is 10.0. The largest absolute Gasteiger partial charge is 0.481 e. The van der Waals surface area contributed by atoms with E-state index in [1.807, 2.05) is 0 Å². The molecule has 0 rings (SSSR count). The lowest BCUT2D eigenvalue weighted by Crippen LogP contribution is -2.19. The fourth-order valence-electron chi connectivity index (χ4n) is 0.784. The molecule has 5 heteroatoms. The van der Waals surface area contributed by atoms with Gasteiger partial charge >= 0.3 is 11.9 Å². The van der Waals surface area contributed by atoms with Crippen LogP contribution in [0.3, 0.4) is 0 Å². The molecule has 0 amide bonds. The SMILES string of the molecule is C.C.C.COCCC(CC(=O)O)C(=O)O. The zero-order chi connectivity index (χ0) is 9.56. The van der Waals surface area contributed by atoms with Gasteiger partial charge in [0.05, 0.1) is 12.3 Å². The minimum atomic E-state index is -1.10. The highest BCUT2D eigenvalue weighted by atomic mass is 16.5. The van der Waals surface area contributed by atoms with Crippen molar-refractivity contribution in [2.24, 2.45) is 5.92 Å². The van der Waals surface area contributed by atoms with Gasteiger partial charge in [-0.3, -0.25) is 9.59 Å². The summed E-state index contributed by atoms with van der Waals surface area (Å²) in [4.78, 5) is 20.6. The van der Waals surface area contributed by atoms with Crippen molar-refractivity contribution >= 4 is 11.9 Å². The molecule has 0 aromatic rings. The van der Waals surface area contributed by atoms with Crippen LogP contribution in [0.15, 0.2) is 0 Å². The molecule has 0 aliphatic carbocycles. The third kappa shape index (κ3) is 12.9. The molecule has 0 heterocycles. The number of methoxy groups -OCH3 is 1. The van der Waals surface area contributed by atoms with E-state index in [0.29, 0.717) is 0 Å². The molecule has 0 aromatic carbocycles. The van der Waals surface area contributed by atoms with E-state index in [-0.39, 0.29) is 41.7 Å². The number of ether oxygens (including phenoxy) is 1. The van der Waals surface area contributed by atoms with Crippen molar-refractivity contribution in [3.63, 3.8) is 0 Å². The van der Waals surface area contributed by atoms with Gasteiger partial charge in [-0.05, 0) is 6.42 Å². The van der Waals surface area contributed by atoms with E-state index in [9.17, 15) is 9.59 Å². The Labute approximate surface area is 92.1 Å². The average molecular weight is 224 g/mol. The van der Waals surface area contributed by atoms with Gasteiger partial charge in [-0.2, -0.15) is 0 Å². The van der Waals surface area contributed by atoms with E-state index >= 15 is 0 Å². The number of aliphatic carboxylic acids is 2. The average Bonchev–Trinajstić information content (AvgIpc) is 1.96. The molecule has 1 unspecified atom stereocenters. The second kappa shape index (κ2) is 12.9. The number of carboxylic acids is 2. The van der Waals surface area contributed by atoms with Crippen LogP contribution in [0.1, 0.15) is 35.1 Å². The molecule has 15 heavy (non-hydrogen) atoms. The van der Waals surface area contributed by atoms with Crippen molar-refractivity contribution in [3.8, 4) is 0 Å². The molecule has 1 atom stereocenters. The van der Waals surface area contributed by atoms with Crippen molar-refractivity contribution in [2.75, 3.05) is 13.7 Å². The molecule has 0 spiro atoms. The van der Waals surface area contributed by atoms with Crippen LogP contribution in [0.4, 0.5) is 0 Å². The Bertz CT molecular complexity index is 167. The van der Waals surface area contributed by atoms with Crippen LogP contribution >= 0.6 is 0 Å². The Morgan fingerprint density at radius 2 is 1.67 bits per heavy atom. The van der Waals surface area contributed by atoms with Gasteiger partial charge in [0, 0.05) is 13.7 Å². The van der Waals surface area contributed by atoms with Crippen molar-refractivity contribution in [1.29, 1.82) is 0 Å². The minimum absolute atomic E-state index is 0. The van der Waals surface area contributed by atoms with Crippen molar-refractivity contribution in [1.82, 2.24) is 0 Å². The van der Waals surface area contributed by atoms with Crippen LogP contribution < -0.4 is 0 Å². The summed E-state index contributed by atoms with van der Waals surface area (Å²) < 4.78 is 4.65. The predicted molar refractivity (Wildman–Crippen MR) is 60.1 cm³/mol. The normalized spacial score (nSPS) is 9.93. The lowest BCUT2D eigenvalue weighted by molar-refractivity contribution is -0.148. The number of carboxylic acid groups (broad SMARTS) is 2.